The predicted molar refractivity (Wildman–Crippen MR) is 83.6 cm³/mol. The SMILES string of the molecule is O=C(CCNC(=O)c1ccc(F)cc1F)NCCN1CCOCC1. The zero-order valence-electron chi connectivity index (χ0n) is 13.3. The molecule has 0 spiro atoms. The highest BCUT2D eigenvalue weighted by Crippen LogP contribution is 2.09. The molecule has 2 rings (SSSR count). The van der Waals surface area contributed by atoms with Gasteiger partial charge in [0.1, 0.15) is 11.6 Å². The third-order valence-electron chi connectivity index (χ3n) is 3.67. The molecule has 1 aromatic carbocycles. The Labute approximate surface area is 139 Å². The highest BCUT2D eigenvalue weighted by atomic mass is 19.1. The van der Waals surface area contributed by atoms with E-state index in [1.165, 1.54) is 0 Å². The number of amides is 2. The molecule has 132 valence electrons. The molecule has 6 nitrogen and oxygen atoms in total. The van der Waals surface area contributed by atoms with E-state index in [0.29, 0.717) is 25.8 Å². The summed E-state index contributed by atoms with van der Waals surface area (Å²) >= 11 is 0. The highest BCUT2D eigenvalue weighted by molar-refractivity contribution is 5.94. The molecule has 1 saturated heterocycles. The minimum Gasteiger partial charge on any atom is -0.379 e. The van der Waals surface area contributed by atoms with Crippen molar-refractivity contribution in [2.24, 2.45) is 0 Å². The van der Waals surface area contributed by atoms with E-state index in [4.69, 9.17) is 4.74 Å². The van der Waals surface area contributed by atoms with Crippen LogP contribution >= 0.6 is 0 Å². The predicted octanol–water partition coefficient (Wildman–Crippen LogP) is 0.533. The number of morpholine rings is 1. The van der Waals surface area contributed by atoms with Crippen molar-refractivity contribution < 1.29 is 23.1 Å². The molecule has 0 unspecified atom stereocenters. The van der Waals surface area contributed by atoms with Gasteiger partial charge in [0, 0.05) is 45.2 Å². The van der Waals surface area contributed by atoms with Crippen LogP contribution in [-0.4, -0.2) is 62.7 Å². The monoisotopic (exact) mass is 341 g/mol. The first-order chi connectivity index (χ1) is 11.6. The summed E-state index contributed by atoms with van der Waals surface area (Å²) in [4.78, 5) is 25.6. The first kappa shape index (κ1) is 18.3. The van der Waals surface area contributed by atoms with Gasteiger partial charge in [0.25, 0.3) is 5.91 Å². The maximum absolute atomic E-state index is 13.4. The summed E-state index contributed by atoms with van der Waals surface area (Å²) in [5.41, 5.74) is -0.246. The van der Waals surface area contributed by atoms with Gasteiger partial charge in [-0.1, -0.05) is 0 Å². The molecule has 1 aliphatic heterocycles. The van der Waals surface area contributed by atoms with Crippen LogP contribution in [0.5, 0.6) is 0 Å². The van der Waals surface area contributed by atoms with E-state index in [-0.39, 0.29) is 24.4 Å². The smallest absolute Gasteiger partial charge is 0.254 e. The van der Waals surface area contributed by atoms with Gasteiger partial charge in [-0.25, -0.2) is 8.78 Å². The number of nitrogens with one attached hydrogen (secondary N) is 2. The fourth-order valence-corrected chi connectivity index (χ4v) is 2.33. The molecule has 0 bridgehead atoms. The van der Waals surface area contributed by atoms with Gasteiger partial charge in [0.05, 0.1) is 18.8 Å². The van der Waals surface area contributed by atoms with Gasteiger partial charge in [-0.3, -0.25) is 14.5 Å². The third kappa shape index (κ3) is 5.86. The lowest BCUT2D eigenvalue weighted by atomic mass is 10.2. The second kappa shape index (κ2) is 9.29. The quantitative estimate of drug-likeness (QED) is 0.759. The summed E-state index contributed by atoms with van der Waals surface area (Å²) in [5, 5.41) is 5.21. The van der Waals surface area contributed by atoms with E-state index >= 15 is 0 Å². The number of nitrogens with zero attached hydrogens (tertiary/aromatic N) is 1. The number of benzene rings is 1. The Hall–Kier alpha value is -2.06. The normalized spacial score (nSPS) is 15.1. The number of hydrogen-bond acceptors (Lipinski definition) is 4. The first-order valence-corrected chi connectivity index (χ1v) is 7.86. The highest BCUT2D eigenvalue weighted by Gasteiger charge is 2.13. The van der Waals surface area contributed by atoms with Crippen LogP contribution in [0.25, 0.3) is 0 Å². The topological polar surface area (TPSA) is 70.7 Å². The Morgan fingerprint density at radius 3 is 2.58 bits per heavy atom. The Bertz CT molecular complexity index is 578. The van der Waals surface area contributed by atoms with Crippen molar-refractivity contribution in [3.63, 3.8) is 0 Å². The largest absolute Gasteiger partial charge is 0.379 e. The lowest BCUT2D eigenvalue weighted by Gasteiger charge is -2.26. The zero-order chi connectivity index (χ0) is 17.4. The molecule has 0 aromatic heterocycles. The molecule has 1 aromatic rings. The van der Waals surface area contributed by atoms with E-state index in [0.717, 1.165) is 31.8 Å². The molecule has 0 aliphatic carbocycles. The Balaban J connectivity index is 1.62. The molecule has 0 saturated carbocycles. The average Bonchev–Trinajstić information content (AvgIpc) is 2.55. The molecule has 0 atom stereocenters. The summed E-state index contributed by atoms with van der Waals surface area (Å²) in [6, 6.07) is 2.73. The molecular formula is C16H21F2N3O3. The summed E-state index contributed by atoms with van der Waals surface area (Å²) < 4.78 is 31.5. The van der Waals surface area contributed by atoms with Crippen LogP contribution in [-0.2, 0) is 9.53 Å². The summed E-state index contributed by atoms with van der Waals surface area (Å²) in [7, 11) is 0. The standard InChI is InChI=1S/C16H21F2N3O3/c17-12-1-2-13(14(18)11-12)16(23)20-4-3-15(22)19-5-6-21-7-9-24-10-8-21/h1-2,11H,3-10H2,(H,19,22)(H,20,23). The van der Waals surface area contributed by atoms with Crippen molar-refractivity contribution in [2.45, 2.75) is 6.42 Å². The molecule has 1 aliphatic rings. The van der Waals surface area contributed by atoms with Gasteiger partial charge in [0.15, 0.2) is 0 Å². The maximum Gasteiger partial charge on any atom is 0.254 e. The number of rotatable bonds is 7. The second-order valence-electron chi connectivity index (χ2n) is 5.43. The lowest BCUT2D eigenvalue weighted by Crippen LogP contribution is -2.41. The van der Waals surface area contributed by atoms with Crippen molar-refractivity contribution in [3.8, 4) is 0 Å². The van der Waals surface area contributed by atoms with E-state index in [1.54, 1.807) is 0 Å². The third-order valence-corrected chi connectivity index (χ3v) is 3.67. The number of carbonyl (C=O) groups excluding carboxylic acids is 2. The fourth-order valence-electron chi connectivity index (χ4n) is 2.33. The van der Waals surface area contributed by atoms with Crippen molar-refractivity contribution >= 4 is 11.8 Å². The molecule has 2 N–H and O–H groups in total. The molecule has 1 heterocycles. The number of ether oxygens (including phenoxy) is 1. The van der Waals surface area contributed by atoms with Gasteiger partial charge >= 0.3 is 0 Å². The van der Waals surface area contributed by atoms with Crippen LogP contribution in [0.15, 0.2) is 18.2 Å². The van der Waals surface area contributed by atoms with Crippen LogP contribution < -0.4 is 10.6 Å². The molecule has 2 amide bonds. The Morgan fingerprint density at radius 1 is 1.12 bits per heavy atom. The molecule has 8 heteroatoms. The summed E-state index contributed by atoms with van der Waals surface area (Å²) in [6.45, 7) is 4.49. The van der Waals surface area contributed by atoms with Gasteiger partial charge in [-0.2, -0.15) is 0 Å². The van der Waals surface area contributed by atoms with E-state index < -0.39 is 17.5 Å². The molecule has 1 fully saturated rings. The maximum atomic E-state index is 13.4. The van der Waals surface area contributed by atoms with Crippen LogP contribution in [0.1, 0.15) is 16.8 Å². The van der Waals surface area contributed by atoms with E-state index in [1.807, 2.05) is 0 Å². The molecular weight excluding hydrogens is 320 g/mol. The number of carbonyl (C=O) groups is 2. The van der Waals surface area contributed by atoms with Crippen LogP contribution in [0, 0.1) is 11.6 Å². The summed E-state index contributed by atoms with van der Waals surface area (Å²) in [5.74, 6) is -2.54. The van der Waals surface area contributed by atoms with Gasteiger partial charge in [-0.15, -0.1) is 0 Å². The van der Waals surface area contributed by atoms with Gasteiger partial charge in [0.2, 0.25) is 5.91 Å². The fraction of sp³-hybridized carbons (Fsp3) is 0.500. The van der Waals surface area contributed by atoms with Crippen molar-refractivity contribution in [1.29, 1.82) is 0 Å². The minimum absolute atomic E-state index is 0.0824. The van der Waals surface area contributed by atoms with Crippen molar-refractivity contribution in [3.05, 3.63) is 35.4 Å². The van der Waals surface area contributed by atoms with Gasteiger partial charge < -0.3 is 15.4 Å². The Kier molecular flexibility index (Phi) is 7.07. The average molecular weight is 341 g/mol. The number of hydrogen-bond donors (Lipinski definition) is 2. The first-order valence-electron chi connectivity index (χ1n) is 7.86. The van der Waals surface area contributed by atoms with Crippen LogP contribution in [0.3, 0.4) is 0 Å². The molecule has 0 radical (unpaired) electrons. The van der Waals surface area contributed by atoms with Crippen LogP contribution in [0.4, 0.5) is 8.78 Å². The minimum atomic E-state index is -0.928. The zero-order valence-corrected chi connectivity index (χ0v) is 13.3. The van der Waals surface area contributed by atoms with Gasteiger partial charge in [-0.05, 0) is 12.1 Å². The van der Waals surface area contributed by atoms with Crippen LogP contribution in [0.2, 0.25) is 0 Å². The summed E-state index contributed by atoms with van der Waals surface area (Å²) in [6.07, 6.45) is 0.0949. The Morgan fingerprint density at radius 2 is 1.88 bits per heavy atom. The van der Waals surface area contributed by atoms with Crippen molar-refractivity contribution in [2.75, 3.05) is 45.9 Å². The van der Waals surface area contributed by atoms with Crippen molar-refractivity contribution in [1.82, 2.24) is 15.5 Å². The number of halogens is 2. The van der Waals surface area contributed by atoms with E-state index in [2.05, 4.69) is 15.5 Å². The lowest BCUT2D eigenvalue weighted by molar-refractivity contribution is -0.121. The molecule has 24 heavy (non-hydrogen) atoms. The van der Waals surface area contributed by atoms with E-state index in [9.17, 15) is 18.4 Å². The second-order valence-corrected chi connectivity index (χ2v) is 5.43.